The molecule has 0 spiro atoms. The molecule has 0 aliphatic rings. The molecule has 3 nitrogen and oxygen atoms in total. The van der Waals surface area contributed by atoms with Crippen LogP contribution in [0.1, 0.15) is 11.1 Å². The third-order valence-electron chi connectivity index (χ3n) is 2.61. The van der Waals surface area contributed by atoms with Gasteiger partial charge in [-0.25, -0.2) is 9.37 Å². The zero-order valence-electron chi connectivity index (χ0n) is 9.97. The minimum absolute atomic E-state index is 0.342. The number of hydrogen-bond acceptors (Lipinski definition) is 3. The third kappa shape index (κ3) is 2.83. The molecular formula is C14H12FN3. The van der Waals surface area contributed by atoms with E-state index in [1.165, 1.54) is 12.3 Å². The first-order chi connectivity index (χ1) is 8.69. The largest absolute Gasteiger partial charge is 0.355 e. The molecule has 0 N–H and O–H groups in total. The monoisotopic (exact) mass is 241 g/mol. The highest BCUT2D eigenvalue weighted by atomic mass is 19.1. The summed E-state index contributed by atoms with van der Waals surface area (Å²) in [4.78, 5) is 5.92. The zero-order valence-corrected chi connectivity index (χ0v) is 9.97. The lowest BCUT2D eigenvalue weighted by Gasteiger charge is -2.18. The second kappa shape index (κ2) is 5.28. The van der Waals surface area contributed by atoms with Crippen molar-refractivity contribution >= 4 is 5.82 Å². The van der Waals surface area contributed by atoms with Crippen molar-refractivity contribution < 1.29 is 4.39 Å². The Kier molecular flexibility index (Phi) is 3.54. The normalized spacial score (nSPS) is 9.83. The SMILES string of the molecule is CN(Cc1ccc(C#N)cc1)c1ccc(F)cn1. The number of nitriles is 1. The zero-order chi connectivity index (χ0) is 13.0. The van der Waals surface area contributed by atoms with Crippen LogP contribution in [-0.2, 0) is 6.54 Å². The Morgan fingerprint density at radius 3 is 2.50 bits per heavy atom. The van der Waals surface area contributed by atoms with Crippen LogP contribution in [0.25, 0.3) is 0 Å². The van der Waals surface area contributed by atoms with Gasteiger partial charge in [0.2, 0.25) is 0 Å². The predicted octanol–water partition coefficient (Wildman–Crippen LogP) is 2.73. The molecule has 0 amide bonds. The Hall–Kier alpha value is -2.41. The molecule has 0 aliphatic heterocycles. The van der Waals surface area contributed by atoms with Crippen molar-refractivity contribution in [2.24, 2.45) is 0 Å². The van der Waals surface area contributed by atoms with Gasteiger partial charge in [0.15, 0.2) is 0 Å². The van der Waals surface area contributed by atoms with Crippen molar-refractivity contribution in [3.8, 4) is 6.07 Å². The van der Waals surface area contributed by atoms with Gasteiger partial charge in [-0.3, -0.25) is 0 Å². The fraction of sp³-hybridized carbons (Fsp3) is 0.143. The highest BCUT2D eigenvalue weighted by Gasteiger charge is 2.03. The van der Waals surface area contributed by atoms with Crippen LogP contribution in [0, 0.1) is 17.1 Å². The molecule has 0 aliphatic carbocycles. The smallest absolute Gasteiger partial charge is 0.141 e. The maximum absolute atomic E-state index is 12.7. The summed E-state index contributed by atoms with van der Waals surface area (Å²) < 4.78 is 12.7. The Morgan fingerprint density at radius 2 is 1.94 bits per heavy atom. The van der Waals surface area contributed by atoms with Gasteiger partial charge in [-0.2, -0.15) is 5.26 Å². The van der Waals surface area contributed by atoms with Gasteiger partial charge in [0.05, 0.1) is 17.8 Å². The van der Waals surface area contributed by atoms with Crippen LogP contribution in [0.4, 0.5) is 10.2 Å². The molecule has 0 atom stereocenters. The Morgan fingerprint density at radius 1 is 1.22 bits per heavy atom. The van der Waals surface area contributed by atoms with Crippen LogP contribution < -0.4 is 4.90 Å². The van der Waals surface area contributed by atoms with Crippen molar-refractivity contribution in [2.75, 3.05) is 11.9 Å². The first-order valence-corrected chi connectivity index (χ1v) is 5.51. The predicted molar refractivity (Wildman–Crippen MR) is 67.5 cm³/mol. The molecule has 1 aromatic heterocycles. The molecule has 0 saturated heterocycles. The molecule has 90 valence electrons. The van der Waals surface area contributed by atoms with Crippen molar-refractivity contribution in [1.82, 2.24) is 4.98 Å². The number of halogens is 1. The third-order valence-corrected chi connectivity index (χ3v) is 2.61. The molecule has 0 unspecified atom stereocenters. The van der Waals surface area contributed by atoms with E-state index in [2.05, 4.69) is 11.1 Å². The van der Waals surface area contributed by atoms with Gasteiger partial charge in [0.25, 0.3) is 0 Å². The van der Waals surface area contributed by atoms with Gasteiger partial charge >= 0.3 is 0 Å². The average molecular weight is 241 g/mol. The number of nitrogens with zero attached hydrogens (tertiary/aromatic N) is 3. The van der Waals surface area contributed by atoms with E-state index in [-0.39, 0.29) is 5.82 Å². The van der Waals surface area contributed by atoms with E-state index >= 15 is 0 Å². The van der Waals surface area contributed by atoms with Gasteiger partial charge in [0.1, 0.15) is 11.6 Å². The number of anilines is 1. The summed E-state index contributed by atoms with van der Waals surface area (Å²) in [7, 11) is 1.89. The molecule has 1 heterocycles. The van der Waals surface area contributed by atoms with Crippen molar-refractivity contribution in [1.29, 1.82) is 5.26 Å². The molecular weight excluding hydrogens is 229 g/mol. The molecule has 0 saturated carbocycles. The lowest BCUT2D eigenvalue weighted by atomic mass is 10.1. The summed E-state index contributed by atoms with van der Waals surface area (Å²) in [6.07, 6.45) is 1.20. The second-order valence-electron chi connectivity index (χ2n) is 4.00. The van der Waals surface area contributed by atoms with Gasteiger partial charge in [-0.15, -0.1) is 0 Å². The van der Waals surface area contributed by atoms with Crippen LogP contribution in [0.3, 0.4) is 0 Å². The van der Waals surface area contributed by atoms with E-state index in [4.69, 9.17) is 5.26 Å². The highest BCUT2D eigenvalue weighted by molar-refractivity contribution is 5.39. The molecule has 1 aromatic carbocycles. The molecule has 2 aromatic rings. The number of aromatic nitrogens is 1. The van der Waals surface area contributed by atoms with Crippen molar-refractivity contribution in [3.63, 3.8) is 0 Å². The summed E-state index contributed by atoms with van der Waals surface area (Å²) in [5.41, 5.74) is 1.71. The average Bonchev–Trinajstić information content (AvgIpc) is 2.40. The van der Waals surface area contributed by atoms with Gasteiger partial charge < -0.3 is 4.90 Å². The quantitative estimate of drug-likeness (QED) is 0.829. The van der Waals surface area contributed by atoms with E-state index in [0.29, 0.717) is 17.9 Å². The summed E-state index contributed by atoms with van der Waals surface area (Å²) in [6, 6.07) is 12.5. The minimum Gasteiger partial charge on any atom is -0.355 e. The number of benzene rings is 1. The first kappa shape index (κ1) is 12.1. The van der Waals surface area contributed by atoms with Gasteiger partial charge in [-0.05, 0) is 29.8 Å². The summed E-state index contributed by atoms with van der Waals surface area (Å²) in [6.45, 7) is 0.657. The standard InChI is InChI=1S/C14H12FN3/c1-18(14-7-6-13(15)9-17-14)10-12-4-2-11(8-16)3-5-12/h2-7,9H,10H2,1H3. The maximum atomic E-state index is 12.7. The molecule has 2 rings (SSSR count). The van der Waals surface area contributed by atoms with Crippen LogP contribution in [0.2, 0.25) is 0 Å². The fourth-order valence-corrected chi connectivity index (χ4v) is 1.63. The Balaban J connectivity index is 2.08. The van der Waals surface area contributed by atoms with Crippen LogP contribution in [-0.4, -0.2) is 12.0 Å². The lowest BCUT2D eigenvalue weighted by molar-refractivity contribution is 0.621. The molecule has 18 heavy (non-hydrogen) atoms. The summed E-state index contributed by atoms with van der Waals surface area (Å²) in [5, 5.41) is 8.71. The van der Waals surface area contributed by atoms with Crippen molar-refractivity contribution in [3.05, 3.63) is 59.5 Å². The van der Waals surface area contributed by atoms with Gasteiger partial charge in [-0.1, -0.05) is 12.1 Å². The Bertz CT molecular complexity index is 555. The van der Waals surface area contributed by atoms with E-state index < -0.39 is 0 Å². The second-order valence-corrected chi connectivity index (χ2v) is 4.00. The highest BCUT2D eigenvalue weighted by Crippen LogP contribution is 2.13. The van der Waals surface area contributed by atoms with Crippen LogP contribution >= 0.6 is 0 Å². The number of rotatable bonds is 3. The van der Waals surface area contributed by atoms with E-state index in [9.17, 15) is 4.39 Å². The summed E-state index contributed by atoms with van der Waals surface area (Å²) >= 11 is 0. The molecule has 4 heteroatoms. The van der Waals surface area contributed by atoms with Crippen LogP contribution in [0.15, 0.2) is 42.6 Å². The number of pyridine rings is 1. The fourth-order valence-electron chi connectivity index (χ4n) is 1.63. The van der Waals surface area contributed by atoms with E-state index in [1.54, 1.807) is 18.2 Å². The minimum atomic E-state index is -0.342. The summed E-state index contributed by atoms with van der Waals surface area (Å²) in [5.74, 6) is 0.367. The van der Waals surface area contributed by atoms with Gasteiger partial charge in [0, 0.05) is 13.6 Å². The molecule has 0 bridgehead atoms. The topological polar surface area (TPSA) is 39.9 Å². The lowest BCUT2D eigenvalue weighted by Crippen LogP contribution is -2.17. The van der Waals surface area contributed by atoms with Crippen LogP contribution in [0.5, 0.6) is 0 Å². The maximum Gasteiger partial charge on any atom is 0.141 e. The number of hydrogen-bond donors (Lipinski definition) is 0. The van der Waals surface area contributed by atoms with Crippen molar-refractivity contribution in [2.45, 2.75) is 6.54 Å². The first-order valence-electron chi connectivity index (χ1n) is 5.51. The van der Waals surface area contributed by atoms with E-state index in [1.807, 2.05) is 24.1 Å². The van der Waals surface area contributed by atoms with E-state index in [0.717, 1.165) is 5.56 Å². The Labute approximate surface area is 105 Å². The molecule has 0 radical (unpaired) electrons. The molecule has 0 fully saturated rings.